The quantitative estimate of drug-likeness (QED) is 0.547. The van der Waals surface area contributed by atoms with Crippen LogP contribution in [0, 0.1) is 0 Å². The summed E-state index contributed by atoms with van der Waals surface area (Å²) in [7, 11) is 0. The molecule has 0 saturated heterocycles. The number of nitrogens with two attached hydrogens (primary N) is 2. The van der Waals surface area contributed by atoms with Crippen LogP contribution in [0.4, 0.5) is 4.39 Å². The van der Waals surface area contributed by atoms with E-state index in [0.717, 1.165) is 21.8 Å². The first-order valence-electron chi connectivity index (χ1n) is 8.20. The maximum absolute atomic E-state index is 13.5. The van der Waals surface area contributed by atoms with Crippen molar-refractivity contribution in [2.75, 3.05) is 0 Å². The zero-order valence-corrected chi connectivity index (χ0v) is 14.7. The monoisotopic (exact) mass is 368 g/mol. The summed E-state index contributed by atoms with van der Waals surface area (Å²) in [5, 5.41) is 2.14. The maximum atomic E-state index is 13.5. The third kappa shape index (κ3) is 2.94. The number of hydrogen-bond acceptors (Lipinski definition) is 2. The van der Waals surface area contributed by atoms with E-state index in [1.54, 1.807) is 18.2 Å². The molecule has 0 spiro atoms. The molecule has 0 saturated carbocycles. The largest absolute Gasteiger partial charge is 0.370 e. The number of rotatable bonds is 3. The summed E-state index contributed by atoms with van der Waals surface area (Å²) in [5.74, 6) is -0.744. The number of nitrogens with zero attached hydrogens (tertiary/aromatic N) is 2. The first kappa shape index (κ1) is 16.7. The summed E-state index contributed by atoms with van der Waals surface area (Å²) in [6.07, 6.45) is 2.31. The van der Waals surface area contributed by atoms with Gasteiger partial charge in [0, 0.05) is 39.2 Å². The van der Waals surface area contributed by atoms with Crippen LogP contribution in [0.2, 0.25) is 0 Å². The number of aromatic nitrogens is 1. The van der Waals surface area contributed by atoms with Crippen molar-refractivity contribution in [1.29, 1.82) is 0 Å². The fourth-order valence-electron chi connectivity index (χ4n) is 3.36. The Hall–Kier alpha value is -2.80. The predicted molar refractivity (Wildman–Crippen MR) is 105 cm³/mol. The molecular formula is C19H17FN4OS. The minimum atomic E-state index is -0.480. The van der Waals surface area contributed by atoms with Crippen LogP contribution in [0.25, 0.3) is 21.8 Å². The van der Waals surface area contributed by atoms with Crippen molar-refractivity contribution in [2.45, 2.75) is 18.2 Å². The minimum Gasteiger partial charge on any atom is -0.370 e. The van der Waals surface area contributed by atoms with Crippen molar-refractivity contribution in [2.24, 2.45) is 16.5 Å². The fraction of sp³-hybridized carbons (Fsp3) is 0.158. The van der Waals surface area contributed by atoms with Gasteiger partial charge >= 0.3 is 0 Å². The molecule has 2 aromatic carbocycles. The number of benzene rings is 2. The Bertz CT molecular complexity index is 1080. The molecule has 7 heteroatoms. The van der Waals surface area contributed by atoms with Gasteiger partial charge in [0.1, 0.15) is 0 Å². The maximum Gasteiger partial charge on any atom is 0.280 e. The molecule has 4 rings (SSSR count). The second-order valence-corrected chi connectivity index (χ2v) is 7.48. The van der Waals surface area contributed by atoms with Gasteiger partial charge in [-0.05, 0) is 30.7 Å². The SMILES string of the molecule is NC(N)=NC(=O)c1ccc2c3ccccc3n(CC3CC=C(F)S3)c2c1. The van der Waals surface area contributed by atoms with Crippen LogP contribution in [0.15, 0.2) is 58.7 Å². The Morgan fingerprint density at radius 3 is 2.69 bits per heavy atom. The molecular weight excluding hydrogens is 351 g/mol. The van der Waals surface area contributed by atoms with Crippen LogP contribution in [0.3, 0.4) is 0 Å². The van der Waals surface area contributed by atoms with Gasteiger partial charge in [0.25, 0.3) is 5.91 Å². The number of hydrogen-bond donors (Lipinski definition) is 2. The Morgan fingerprint density at radius 2 is 1.96 bits per heavy atom. The average molecular weight is 368 g/mol. The average Bonchev–Trinajstić information content (AvgIpc) is 3.16. The molecule has 5 nitrogen and oxygen atoms in total. The molecule has 26 heavy (non-hydrogen) atoms. The lowest BCUT2D eigenvalue weighted by Crippen LogP contribution is -2.24. The van der Waals surface area contributed by atoms with E-state index >= 15 is 0 Å². The highest BCUT2D eigenvalue weighted by Gasteiger charge is 2.21. The molecule has 1 amide bonds. The van der Waals surface area contributed by atoms with E-state index in [0.29, 0.717) is 18.5 Å². The molecule has 1 aliphatic heterocycles. The van der Waals surface area contributed by atoms with E-state index in [1.165, 1.54) is 11.8 Å². The summed E-state index contributed by atoms with van der Waals surface area (Å²) in [6, 6.07) is 13.5. The lowest BCUT2D eigenvalue weighted by molar-refractivity contribution is 0.100. The summed E-state index contributed by atoms with van der Waals surface area (Å²) in [6.45, 7) is 0.651. The molecule has 3 aromatic rings. The van der Waals surface area contributed by atoms with Crippen LogP contribution >= 0.6 is 11.8 Å². The van der Waals surface area contributed by atoms with Gasteiger partial charge < -0.3 is 16.0 Å². The van der Waals surface area contributed by atoms with Gasteiger partial charge in [0.15, 0.2) is 11.1 Å². The molecule has 1 unspecified atom stereocenters. The van der Waals surface area contributed by atoms with Crippen LogP contribution in [0.1, 0.15) is 16.8 Å². The van der Waals surface area contributed by atoms with Gasteiger partial charge in [0.2, 0.25) is 0 Å². The van der Waals surface area contributed by atoms with Crippen LogP contribution < -0.4 is 11.5 Å². The van der Waals surface area contributed by atoms with E-state index in [9.17, 15) is 9.18 Å². The van der Waals surface area contributed by atoms with Gasteiger partial charge in [-0.3, -0.25) is 4.79 Å². The Labute approximate surface area is 153 Å². The van der Waals surface area contributed by atoms with Crippen molar-refractivity contribution in [3.05, 3.63) is 59.3 Å². The number of halogens is 1. The number of carbonyl (C=O) groups is 1. The lowest BCUT2D eigenvalue weighted by Gasteiger charge is -2.13. The zero-order valence-electron chi connectivity index (χ0n) is 13.9. The lowest BCUT2D eigenvalue weighted by atomic mass is 10.1. The highest BCUT2D eigenvalue weighted by Crippen LogP contribution is 2.37. The Balaban J connectivity index is 1.85. The topological polar surface area (TPSA) is 86.4 Å². The number of aliphatic imine (C=N–C) groups is 1. The number of allylic oxidation sites excluding steroid dienone is 1. The van der Waals surface area contributed by atoms with E-state index in [4.69, 9.17) is 11.5 Å². The molecule has 0 fully saturated rings. The van der Waals surface area contributed by atoms with Gasteiger partial charge in [-0.25, -0.2) is 0 Å². The number of carbonyl (C=O) groups excluding carboxylic acids is 1. The van der Waals surface area contributed by atoms with Crippen molar-refractivity contribution in [3.8, 4) is 0 Å². The standard InChI is InChI=1S/C19H17FN4OS/c20-17-8-6-12(26-17)10-24-15-4-2-1-3-13(15)14-7-5-11(9-16(14)24)18(25)23-19(21)22/h1-5,7-9,12H,6,10H2,(H4,21,22,23,25). The second kappa shape index (κ2) is 6.49. The van der Waals surface area contributed by atoms with Crippen molar-refractivity contribution >= 4 is 45.4 Å². The molecule has 1 aliphatic rings. The zero-order chi connectivity index (χ0) is 18.3. The molecule has 0 radical (unpaired) electrons. The number of para-hydroxylation sites is 1. The smallest absolute Gasteiger partial charge is 0.280 e. The number of thioether (sulfide) groups is 1. The van der Waals surface area contributed by atoms with Crippen molar-refractivity contribution < 1.29 is 9.18 Å². The molecule has 132 valence electrons. The number of amides is 1. The van der Waals surface area contributed by atoms with Gasteiger partial charge in [-0.2, -0.15) is 9.38 Å². The number of guanidine groups is 1. The fourth-order valence-corrected chi connectivity index (χ4v) is 4.28. The highest BCUT2D eigenvalue weighted by molar-refractivity contribution is 8.03. The first-order valence-corrected chi connectivity index (χ1v) is 9.08. The summed E-state index contributed by atoms with van der Waals surface area (Å²) < 4.78 is 15.6. The molecule has 0 aliphatic carbocycles. The molecule has 2 heterocycles. The molecule has 0 bridgehead atoms. The summed E-state index contributed by atoms with van der Waals surface area (Å²) in [5.41, 5.74) is 13.0. The Morgan fingerprint density at radius 1 is 1.19 bits per heavy atom. The van der Waals surface area contributed by atoms with E-state index in [2.05, 4.69) is 9.56 Å². The van der Waals surface area contributed by atoms with Crippen LogP contribution in [-0.4, -0.2) is 21.7 Å². The van der Waals surface area contributed by atoms with E-state index in [1.807, 2.05) is 30.3 Å². The highest BCUT2D eigenvalue weighted by atomic mass is 32.2. The summed E-state index contributed by atoms with van der Waals surface area (Å²) in [4.78, 5) is 15.8. The molecule has 1 aromatic heterocycles. The van der Waals surface area contributed by atoms with Crippen LogP contribution in [-0.2, 0) is 6.54 Å². The molecule has 1 atom stereocenters. The predicted octanol–water partition coefficient (Wildman–Crippen LogP) is 3.52. The van der Waals surface area contributed by atoms with Crippen molar-refractivity contribution in [3.63, 3.8) is 0 Å². The normalized spacial score (nSPS) is 16.8. The van der Waals surface area contributed by atoms with Crippen molar-refractivity contribution in [1.82, 2.24) is 4.57 Å². The van der Waals surface area contributed by atoms with Gasteiger partial charge in [-0.1, -0.05) is 36.0 Å². The number of fused-ring (bicyclic) bond motifs is 3. The Kier molecular flexibility index (Phi) is 4.16. The van der Waals surface area contributed by atoms with Crippen LogP contribution in [0.5, 0.6) is 0 Å². The van der Waals surface area contributed by atoms with Gasteiger partial charge in [-0.15, -0.1) is 0 Å². The molecule has 4 N–H and O–H groups in total. The van der Waals surface area contributed by atoms with E-state index < -0.39 is 5.91 Å². The first-order chi connectivity index (χ1) is 12.5. The summed E-state index contributed by atoms with van der Waals surface area (Å²) >= 11 is 1.25. The van der Waals surface area contributed by atoms with E-state index in [-0.39, 0.29) is 16.4 Å². The second-order valence-electron chi connectivity index (χ2n) is 6.19. The third-order valence-electron chi connectivity index (χ3n) is 4.46. The van der Waals surface area contributed by atoms with Gasteiger partial charge in [0.05, 0.1) is 0 Å². The third-order valence-corrected chi connectivity index (χ3v) is 5.52. The minimum absolute atomic E-state index is 0.126.